The predicted octanol–water partition coefficient (Wildman–Crippen LogP) is 4.40. The van der Waals surface area contributed by atoms with Crippen molar-refractivity contribution in [3.05, 3.63) is 96.1 Å². The van der Waals surface area contributed by atoms with Crippen LogP contribution in [0.4, 0.5) is 4.79 Å². The second-order valence-electron chi connectivity index (χ2n) is 8.27. The van der Waals surface area contributed by atoms with Crippen molar-refractivity contribution < 1.29 is 14.3 Å². The normalized spacial score (nSPS) is 14.8. The molecule has 0 radical (unpaired) electrons. The lowest BCUT2D eigenvalue weighted by atomic mass is 10.2. The van der Waals surface area contributed by atoms with Crippen LogP contribution >= 0.6 is 0 Å². The Labute approximate surface area is 218 Å². The van der Waals surface area contributed by atoms with Gasteiger partial charge in [0.1, 0.15) is 23.1 Å². The summed E-state index contributed by atoms with van der Waals surface area (Å²) < 4.78 is 10.5. The van der Waals surface area contributed by atoms with E-state index in [1.54, 1.807) is 25.2 Å². The van der Waals surface area contributed by atoms with Crippen LogP contribution in [0.5, 0.6) is 11.5 Å². The molecule has 0 unspecified atom stereocenters. The number of carbonyl (C=O) groups excluding carboxylic acids is 1. The number of benzene rings is 2. The Kier molecular flexibility index (Phi) is 9.48. The van der Waals surface area contributed by atoms with Gasteiger partial charge in [-0.3, -0.25) is 9.80 Å². The van der Waals surface area contributed by atoms with Crippen LogP contribution in [0, 0.1) is 0 Å². The van der Waals surface area contributed by atoms with Crippen LogP contribution in [-0.4, -0.2) is 48.3 Å². The average molecular weight is 503 g/mol. The Morgan fingerprint density at radius 1 is 1.03 bits per heavy atom. The van der Waals surface area contributed by atoms with Crippen LogP contribution in [0.25, 0.3) is 0 Å². The molecule has 3 rings (SSSR count). The fourth-order valence-electron chi connectivity index (χ4n) is 3.65. The van der Waals surface area contributed by atoms with E-state index in [9.17, 15) is 4.79 Å². The van der Waals surface area contributed by atoms with Crippen LogP contribution in [0.15, 0.2) is 95.0 Å². The number of ether oxygens (including phenoxy) is 2. The number of guanidine groups is 1. The number of methoxy groups -OCH3 is 2. The quantitative estimate of drug-likeness (QED) is 0.467. The molecule has 9 nitrogen and oxygen atoms in total. The Hall–Kier alpha value is -4.53. The lowest BCUT2D eigenvalue weighted by Crippen LogP contribution is -2.50. The van der Waals surface area contributed by atoms with Crippen molar-refractivity contribution >= 4 is 17.7 Å². The molecular formula is C28H34N6O3. The van der Waals surface area contributed by atoms with Gasteiger partial charge in [0.05, 0.1) is 27.3 Å². The fourth-order valence-corrected chi connectivity index (χ4v) is 3.65. The average Bonchev–Trinajstić information content (AvgIpc) is 2.89. The van der Waals surface area contributed by atoms with E-state index in [2.05, 4.69) is 21.9 Å². The number of rotatable bonds is 10. The minimum absolute atomic E-state index is 0.323. The molecule has 9 heteroatoms. The molecule has 0 fully saturated rings. The Bertz CT molecular complexity index is 1210. The highest BCUT2D eigenvalue weighted by atomic mass is 16.5. The fraction of sp³-hybridized carbons (Fsp3) is 0.250. The smallest absolute Gasteiger partial charge is 0.352 e. The largest absolute Gasteiger partial charge is 0.497 e. The van der Waals surface area contributed by atoms with Gasteiger partial charge < -0.3 is 20.5 Å². The van der Waals surface area contributed by atoms with Gasteiger partial charge in [-0.2, -0.15) is 4.99 Å². The SMILES string of the molecule is C=C1N(Cc2ccc(OC)cc2)C(=O)N=C(NC/C=C(N)/N=C(C)\C=C\C)N1Cc1ccc(OC)cc1. The highest BCUT2D eigenvalue weighted by Gasteiger charge is 2.30. The van der Waals surface area contributed by atoms with Crippen molar-refractivity contribution in [2.24, 2.45) is 15.7 Å². The number of nitrogens with zero attached hydrogens (tertiary/aromatic N) is 4. The summed E-state index contributed by atoms with van der Waals surface area (Å²) in [7, 11) is 3.24. The lowest BCUT2D eigenvalue weighted by Gasteiger charge is -2.37. The summed E-state index contributed by atoms with van der Waals surface area (Å²) in [4.78, 5) is 25.1. The molecule has 37 heavy (non-hydrogen) atoms. The number of hydrogen-bond acceptors (Lipinski definition) is 7. The number of nitrogens with two attached hydrogens (primary N) is 1. The van der Waals surface area contributed by atoms with E-state index in [0.29, 0.717) is 37.2 Å². The zero-order valence-corrected chi connectivity index (χ0v) is 21.8. The van der Waals surface area contributed by atoms with Gasteiger partial charge in [0.15, 0.2) is 0 Å². The molecule has 0 aliphatic carbocycles. The van der Waals surface area contributed by atoms with Gasteiger partial charge in [-0.1, -0.05) is 36.9 Å². The Morgan fingerprint density at radius 3 is 2.08 bits per heavy atom. The molecule has 1 aliphatic heterocycles. The number of amides is 2. The van der Waals surface area contributed by atoms with Crippen LogP contribution < -0.4 is 20.5 Å². The maximum Gasteiger partial charge on any atom is 0.352 e. The van der Waals surface area contributed by atoms with Crippen LogP contribution in [0.2, 0.25) is 0 Å². The van der Waals surface area contributed by atoms with Crippen LogP contribution in [-0.2, 0) is 13.1 Å². The summed E-state index contributed by atoms with van der Waals surface area (Å²) in [5.41, 5.74) is 8.74. The molecular weight excluding hydrogens is 468 g/mol. The molecule has 1 aliphatic rings. The molecule has 0 saturated carbocycles. The summed E-state index contributed by atoms with van der Waals surface area (Å²) in [5.74, 6) is 2.77. The molecule has 2 aromatic rings. The van der Waals surface area contributed by atoms with E-state index in [-0.39, 0.29) is 0 Å². The van der Waals surface area contributed by atoms with Gasteiger partial charge in [-0.15, -0.1) is 0 Å². The van der Waals surface area contributed by atoms with Gasteiger partial charge in [0, 0.05) is 12.3 Å². The van der Waals surface area contributed by atoms with Crippen LogP contribution in [0.1, 0.15) is 25.0 Å². The van der Waals surface area contributed by atoms with Crippen molar-refractivity contribution in [1.29, 1.82) is 0 Å². The van der Waals surface area contributed by atoms with Gasteiger partial charge in [0.25, 0.3) is 0 Å². The zero-order chi connectivity index (χ0) is 26.8. The molecule has 2 aromatic carbocycles. The monoisotopic (exact) mass is 502 g/mol. The number of urea groups is 1. The minimum Gasteiger partial charge on any atom is -0.497 e. The van der Waals surface area contributed by atoms with Crippen LogP contribution in [0.3, 0.4) is 0 Å². The third kappa shape index (κ3) is 7.47. The van der Waals surface area contributed by atoms with Crippen molar-refractivity contribution in [2.75, 3.05) is 20.8 Å². The summed E-state index contributed by atoms with van der Waals surface area (Å²) in [6.07, 6.45) is 5.50. The summed E-state index contributed by atoms with van der Waals surface area (Å²) in [6, 6.07) is 14.8. The molecule has 194 valence electrons. The van der Waals surface area contributed by atoms with Crippen molar-refractivity contribution in [3.63, 3.8) is 0 Å². The summed E-state index contributed by atoms with van der Waals surface area (Å²) >= 11 is 0. The van der Waals surface area contributed by atoms with Gasteiger partial charge >= 0.3 is 6.03 Å². The third-order valence-corrected chi connectivity index (χ3v) is 5.60. The number of allylic oxidation sites excluding steroid dienone is 2. The topological polar surface area (TPSA) is 105 Å². The summed E-state index contributed by atoms with van der Waals surface area (Å²) in [6.45, 7) is 9.12. The van der Waals surface area contributed by atoms with Gasteiger partial charge in [-0.25, -0.2) is 9.79 Å². The van der Waals surface area contributed by atoms with E-state index < -0.39 is 6.03 Å². The highest BCUT2D eigenvalue weighted by Crippen LogP contribution is 2.24. The Morgan fingerprint density at radius 2 is 1.57 bits per heavy atom. The summed E-state index contributed by atoms with van der Waals surface area (Å²) in [5, 5.41) is 3.19. The first kappa shape index (κ1) is 27.1. The number of carbonyl (C=O) groups is 1. The van der Waals surface area contributed by atoms with Gasteiger partial charge in [0.2, 0.25) is 5.96 Å². The number of nitrogens with one attached hydrogen (secondary N) is 1. The molecule has 3 N–H and O–H groups in total. The molecule has 1 heterocycles. The predicted molar refractivity (Wildman–Crippen MR) is 147 cm³/mol. The Balaban J connectivity index is 1.83. The second-order valence-corrected chi connectivity index (χ2v) is 8.27. The molecule has 2 amide bonds. The maximum atomic E-state index is 13.0. The highest BCUT2D eigenvalue weighted by molar-refractivity contribution is 5.97. The molecule has 0 bridgehead atoms. The van der Waals surface area contributed by atoms with Crippen molar-refractivity contribution in [3.8, 4) is 11.5 Å². The van der Waals surface area contributed by atoms with Crippen molar-refractivity contribution in [2.45, 2.75) is 26.9 Å². The van der Waals surface area contributed by atoms with Gasteiger partial charge in [-0.05, 0) is 61.4 Å². The van der Waals surface area contributed by atoms with E-state index in [1.165, 1.54) is 0 Å². The first-order chi connectivity index (χ1) is 17.8. The van der Waals surface area contributed by atoms with Crippen molar-refractivity contribution in [1.82, 2.24) is 15.1 Å². The molecule has 0 spiro atoms. The third-order valence-electron chi connectivity index (χ3n) is 5.60. The lowest BCUT2D eigenvalue weighted by molar-refractivity contribution is 0.197. The van der Waals surface area contributed by atoms with E-state index in [1.807, 2.05) is 79.4 Å². The molecule has 0 saturated heterocycles. The van der Waals surface area contributed by atoms with E-state index in [0.717, 1.165) is 28.3 Å². The maximum absolute atomic E-state index is 13.0. The second kappa shape index (κ2) is 13.0. The number of aliphatic imine (C=N–C) groups is 2. The standard InChI is InChI=1S/C28H34N6O3/c1-6-7-20(2)31-26(29)16-17-30-27-32-28(35)34(19-23-10-14-25(37-5)15-11-23)21(3)33(27)18-22-8-12-24(36-4)13-9-22/h6-16H,3,17-19,29H2,1-2,4-5H3,(H,30,32,35)/b7-6+,26-16+,31-20-. The van der Waals surface area contributed by atoms with E-state index in [4.69, 9.17) is 15.2 Å². The molecule has 0 aromatic heterocycles. The number of hydrogen-bond donors (Lipinski definition) is 2. The zero-order valence-electron chi connectivity index (χ0n) is 21.8. The first-order valence-corrected chi connectivity index (χ1v) is 11.8. The minimum atomic E-state index is -0.409. The van der Waals surface area contributed by atoms with E-state index >= 15 is 0 Å². The molecule has 0 atom stereocenters. The first-order valence-electron chi connectivity index (χ1n) is 11.8.